The second-order valence-electron chi connectivity index (χ2n) is 4.42. The van der Waals surface area contributed by atoms with Crippen LogP contribution in [0.25, 0.3) is 0 Å². The zero-order valence-corrected chi connectivity index (χ0v) is 11.5. The summed E-state index contributed by atoms with van der Waals surface area (Å²) < 4.78 is 25.5. The highest BCUT2D eigenvalue weighted by atomic mass is 32.2. The van der Waals surface area contributed by atoms with Gasteiger partial charge in [-0.2, -0.15) is 5.10 Å². The van der Waals surface area contributed by atoms with Crippen molar-refractivity contribution in [2.24, 2.45) is 0 Å². The van der Waals surface area contributed by atoms with E-state index in [2.05, 4.69) is 5.10 Å². The second-order valence-corrected chi connectivity index (χ2v) is 6.61. The highest BCUT2D eigenvalue weighted by molar-refractivity contribution is 7.92. The van der Waals surface area contributed by atoms with Crippen molar-refractivity contribution in [3.05, 3.63) is 18.0 Å². The van der Waals surface area contributed by atoms with Gasteiger partial charge in [-0.3, -0.25) is 9.48 Å². The summed E-state index contributed by atoms with van der Waals surface area (Å²) in [6, 6.07) is 1.74. The van der Waals surface area contributed by atoms with Crippen molar-refractivity contribution in [3.63, 3.8) is 0 Å². The van der Waals surface area contributed by atoms with Crippen LogP contribution in [0.1, 0.15) is 38.9 Å². The Morgan fingerprint density at radius 3 is 2.50 bits per heavy atom. The molecule has 0 radical (unpaired) electrons. The third-order valence-corrected chi connectivity index (χ3v) is 4.72. The molecule has 0 bridgehead atoms. The van der Waals surface area contributed by atoms with Gasteiger partial charge in [-0.1, -0.05) is 6.92 Å². The number of aliphatic carboxylic acids is 1. The Labute approximate surface area is 107 Å². The van der Waals surface area contributed by atoms with Gasteiger partial charge in [-0.25, -0.2) is 8.42 Å². The molecule has 1 heterocycles. The van der Waals surface area contributed by atoms with Crippen molar-refractivity contribution in [2.75, 3.05) is 0 Å². The van der Waals surface area contributed by atoms with E-state index in [0.29, 0.717) is 5.69 Å². The molecule has 0 aliphatic rings. The molecule has 0 fully saturated rings. The Bertz CT molecular complexity index is 519. The fourth-order valence-corrected chi connectivity index (χ4v) is 3.21. The van der Waals surface area contributed by atoms with Gasteiger partial charge in [-0.15, -0.1) is 0 Å². The fraction of sp³-hybridized carbons (Fsp3) is 0.636. The van der Waals surface area contributed by atoms with Gasteiger partial charge in [0.25, 0.3) is 0 Å². The number of aromatic nitrogens is 2. The van der Waals surface area contributed by atoms with E-state index in [1.807, 2.05) is 13.8 Å². The van der Waals surface area contributed by atoms with Gasteiger partial charge in [0.15, 0.2) is 15.1 Å². The molecule has 0 aliphatic carbocycles. The summed E-state index contributed by atoms with van der Waals surface area (Å²) in [5, 5.41) is 11.6. The minimum Gasteiger partial charge on any atom is -0.480 e. The molecule has 6 nitrogen and oxygen atoms in total. The monoisotopic (exact) mass is 274 g/mol. The van der Waals surface area contributed by atoms with Gasteiger partial charge >= 0.3 is 5.97 Å². The van der Waals surface area contributed by atoms with Crippen LogP contribution in [0.4, 0.5) is 0 Å². The van der Waals surface area contributed by atoms with Gasteiger partial charge in [0, 0.05) is 12.2 Å². The Kier molecular flexibility index (Phi) is 4.50. The molecule has 1 aromatic heterocycles. The van der Waals surface area contributed by atoms with Crippen molar-refractivity contribution in [2.45, 2.75) is 44.2 Å². The van der Waals surface area contributed by atoms with E-state index in [-0.39, 0.29) is 18.2 Å². The molecule has 18 heavy (non-hydrogen) atoms. The number of rotatable bonds is 6. The van der Waals surface area contributed by atoms with Crippen LogP contribution in [-0.2, 0) is 20.4 Å². The molecule has 7 heteroatoms. The Hall–Kier alpha value is -1.37. The normalized spacial score (nSPS) is 13.8. The van der Waals surface area contributed by atoms with E-state index in [9.17, 15) is 13.2 Å². The van der Waals surface area contributed by atoms with Gasteiger partial charge in [0.05, 0.1) is 11.4 Å². The van der Waals surface area contributed by atoms with Crippen LogP contribution >= 0.6 is 0 Å². The quantitative estimate of drug-likeness (QED) is 0.843. The maximum atomic E-state index is 11.9. The van der Waals surface area contributed by atoms with E-state index in [0.717, 1.165) is 0 Å². The van der Waals surface area contributed by atoms with Gasteiger partial charge in [0.1, 0.15) is 0 Å². The van der Waals surface area contributed by atoms with E-state index in [1.54, 1.807) is 23.9 Å². The van der Waals surface area contributed by atoms with Crippen LogP contribution in [0.3, 0.4) is 0 Å². The van der Waals surface area contributed by atoms with Crippen LogP contribution in [0.5, 0.6) is 0 Å². The number of hydrogen-bond acceptors (Lipinski definition) is 4. The molecule has 1 atom stereocenters. The molecular formula is C11H18N2O4S. The zero-order valence-electron chi connectivity index (χ0n) is 10.7. The highest BCUT2D eigenvalue weighted by Gasteiger charge is 2.31. The van der Waals surface area contributed by atoms with Crippen LogP contribution in [0, 0.1) is 0 Å². The lowest BCUT2D eigenvalue weighted by Gasteiger charge is -2.10. The van der Waals surface area contributed by atoms with Crippen molar-refractivity contribution < 1.29 is 18.3 Å². The lowest BCUT2D eigenvalue weighted by atomic mass is 10.3. The van der Waals surface area contributed by atoms with E-state index in [1.165, 1.54) is 0 Å². The SMILES string of the molecule is CCC(C(=O)O)S(=O)(=O)Cc1ccn(C(C)C)n1. The first-order valence-corrected chi connectivity index (χ1v) is 7.48. The molecule has 0 aliphatic heterocycles. The summed E-state index contributed by atoms with van der Waals surface area (Å²) in [5.41, 5.74) is 0.378. The average molecular weight is 274 g/mol. The molecule has 0 amide bonds. The van der Waals surface area contributed by atoms with E-state index < -0.39 is 21.1 Å². The Morgan fingerprint density at radius 2 is 2.11 bits per heavy atom. The van der Waals surface area contributed by atoms with Crippen molar-refractivity contribution in [1.82, 2.24) is 9.78 Å². The average Bonchev–Trinajstić information content (AvgIpc) is 2.64. The van der Waals surface area contributed by atoms with E-state index >= 15 is 0 Å². The number of carboxylic acids is 1. The third kappa shape index (κ3) is 3.32. The molecule has 0 spiro atoms. The lowest BCUT2D eigenvalue weighted by Crippen LogP contribution is -2.30. The minimum atomic E-state index is -3.71. The summed E-state index contributed by atoms with van der Waals surface area (Å²) in [6.45, 7) is 5.40. The summed E-state index contributed by atoms with van der Waals surface area (Å²) >= 11 is 0. The maximum Gasteiger partial charge on any atom is 0.321 e. The summed E-state index contributed by atoms with van der Waals surface area (Å²) in [5.74, 6) is -1.64. The largest absolute Gasteiger partial charge is 0.480 e. The van der Waals surface area contributed by atoms with Crippen LogP contribution in [0.15, 0.2) is 12.3 Å². The van der Waals surface area contributed by atoms with Gasteiger partial charge in [-0.05, 0) is 26.3 Å². The molecule has 1 aromatic rings. The number of sulfone groups is 1. The first-order chi connectivity index (χ1) is 8.27. The highest BCUT2D eigenvalue weighted by Crippen LogP contribution is 2.14. The van der Waals surface area contributed by atoms with Gasteiger partial charge in [0.2, 0.25) is 0 Å². The Morgan fingerprint density at radius 1 is 1.50 bits per heavy atom. The standard InChI is InChI=1S/C11H18N2O4S/c1-4-10(11(14)15)18(16,17)7-9-5-6-13(12-9)8(2)3/h5-6,8,10H,4,7H2,1-3H3,(H,14,15). The lowest BCUT2D eigenvalue weighted by molar-refractivity contribution is -0.136. The van der Waals surface area contributed by atoms with Gasteiger partial charge < -0.3 is 5.11 Å². The Balaban J connectivity index is 2.91. The van der Waals surface area contributed by atoms with Crippen LogP contribution in [-0.4, -0.2) is 34.5 Å². The molecule has 0 aromatic carbocycles. The number of carbonyl (C=O) groups is 1. The zero-order chi connectivity index (χ0) is 13.9. The smallest absolute Gasteiger partial charge is 0.321 e. The summed E-state index contributed by atoms with van der Waals surface area (Å²) in [7, 11) is -3.71. The van der Waals surface area contributed by atoms with E-state index in [4.69, 9.17) is 5.11 Å². The summed E-state index contributed by atoms with van der Waals surface area (Å²) in [4.78, 5) is 10.9. The fourth-order valence-electron chi connectivity index (χ4n) is 1.63. The molecule has 1 rings (SSSR count). The van der Waals surface area contributed by atoms with Crippen molar-refractivity contribution in [1.29, 1.82) is 0 Å². The number of hydrogen-bond donors (Lipinski definition) is 1. The number of nitrogens with zero attached hydrogens (tertiary/aromatic N) is 2. The first kappa shape index (κ1) is 14.7. The first-order valence-electron chi connectivity index (χ1n) is 5.76. The predicted octanol–water partition coefficient (Wildman–Crippen LogP) is 1.24. The second kappa shape index (κ2) is 5.51. The molecule has 1 unspecified atom stereocenters. The molecular weight excluding hydrogens is 256 g/mol. The van der Waals surface area contributed by atoms with Crippen molar-refractivity contribution >= 4 is 15.8 Å². The molecule has 102 valence electrons. The van der Waals surface area contributed by atoms with Crippen molar-refractivity contribution in [3.8, 4) is 0 Å². The third-order valence-electron chi connectivity index (χ3n) is 2.62. The maximum absolute atomic E-state index is 11.9. The topological polar surface area (TPSA) is 89.3 Å². The molecule has 1 N–H and O–H groups in total. The number of carboxylic acid groups (broad SMARTS) is 1. The van der Waals surface area contributed by atoms with Crippen LogP contribution in [0.2, 0.25) is 0 Å². The van der Waals surface area contributed by atoms with Crippen LogP contribution < -0.4 is 0 Å². The minimum absolute atomic E-state index is 0.0581. The summed E-state index contributed by atoms with van der Waals surface area (Å²) in [6.07, 6.45) is 1.75. The molecule has 0 saturated carbocycles. The predicted molar refractivity (Wildman–Crippen MR) is 67.0 cm³/mol. The molecule has 0 saturated heterocycles.